The Labute approximate surface area is 114 Å². The van der Waals surface area contributed by atoms with E-state index in [0.29, 0.717) is 12.1 Å². The summed E-state index contributed by atoms with van der Waals surface area (Å²) in [5, 5.41) is 2.83. The zero-order chi connectivity index (χ0) is 13.0. The van der Waals surface area contributed by atoms with E-state index in [1.165, 1.54) is 0 Å². The van der Waals surface area contributed by atoms with Gasteiger partial charge in [-0.05, 0) is 41.3 Å². The first-order chi connectivity index (χ1) is 8.66. The smallest absolute Gasteiger partial charge is 0.255 e. The molecule has 2 heterocycles. The molecule has 2 rings (SSSR count). The van der Waals surface area contributed by atoms with Crippen molar-refractivity contribution < 1.29 is 9.53 Å². The van der Waals surface area contributed by atoms with Crippen molar-refractivity contribution in [3.05, 3.63) is 22.3 Å². The molecular formula is C12H16BrN3O2. The summed E-state index contributed by atoms with van der Waals surface area (Å²) < 4.78 is 6.22. The standard InChI is InChI=1S/C12H16BrN3O2/c13-8-6-10(11(14)16-7-8)12(17)15-4-3-9-2-1-5-18-9/h6-7,9H,1-5H2,(H2,14,16)(H,15,17). The number of nitrogens with zero attached hydrogens (tertiary/aromatic N) is 1. The van der Waals surface area contributed by atoms with Gasteiger partial charge in [0.25, 0.3) is 5.91 Å². The number of anilines is 1. The molecule has 1 aliphatic heterocycles. The Balaban J connectivity index is 1.85. The Hall–Kier alpha value is -1.14. The van der Waals surface area contributed by atoms with Crippen LogP contribution in [0.2, 0.25) is 0 Å². The number of hydrogen-bond donors (Lipinski definition) is 2. The first-order valence-corrected chi connectivity index (χ1v) is 6.77. The maximum Gasteiger partial charge on any atom is 0.255 e. The van der Waals surface area contributed by atoms with Crippen LogP contribution in [0.25, 0.3) is 0 Å². The number of pyridine rings is 1. The van der Waals surface area contributed by atoms with Crippen LogP contribution in [-0.2, 0) is 4.74 Å². The number of carbonyl (C=O) groups is 1. The van der Waals surface area contributed by atoms with Crippen molar-refractivity contribution in [2.45, 2.75) is 25.4 Å². The number of nitrogens with one attached hydrogen (secondary N) is 1. The van der Waals surface area contributed by atoms with E-state index in [4.69, 9.17) is 10.5 Å². The third-order valence-corrected chi connectivity index (χ3v) is 3.34. The minimum Gasteiger partial charge on any atom is -0.383 e. The van der Waals surface area contributed by atoms with Crippen molar-refractivity contribution in [3.8, 4) is 0 Å². The van der Waals surface area contributed by atoms with Crippen LogP contribution in [0, 0.1) is 0 Å². The van der Waals surface area contributed by atoms with Crippen LogP contribution in [0.15, 0.2) is 16.7 Å². The number of amides is 1. The number of carbonyl (C=O) groups excluding carboxylic acids is 1. The number of rotatable bonds is 4. The normalized spacial score (nSPS) is 18.8. The number of nitrogens with two attached hydrogens (primary N) is 1. The van der Waals surface area contributed by atoms with Crippen molar-refractivity contribution in [1.29, 1.82) is 0 Å². The predicted molar refractivity (Wildman–Crippen MR) is 72.3 cm³/mol. The van der Waals surface area contributed by atoms with Gasteiger partial charge < -0.3 is 15.8 Å². The maximum atomic E-state index is 11.9. The van der Waals surface area contributed by atoms with E-state index in [2.05, 4.69) is 26.2 Å². The predicted octanol–water partition coefficient (Wildman–Crippen LogP) is 1.73. The second-order valence-electron chi connectivity index (χ2n) is 4.27. The Morgan fingerprint density at radius 1 is 1.67 bits per heavy atom. The lowest BCUT2D eigenvalue weighted by Gasteiger charge is -2.10. The maximum absolute atomic E-state index is 11.9. The zero-order valence-electron chi connectivity index (χ0n) is 9.99. The highest BCUT2D eigenvalue weighted by atomic mass is 79.9. The zero-order valence-corrected chi connectivity index (χ0v) is 11.6. The monoisotopic (exact) mass is 313 g/mol. The largest absolute Gasteiger partial charge is 0.383 e. The molecule has 1 aliphatic rings. The Bertz CT molecular complexity index is 433. The molecule has 1 fully saturated rings. The fraction of sp³-hybridized carbons (Fsp3) is 0.500. The van der Waals surface area contributed by atoms with E-state index in [1.54, 1.807) is 12.3 Å². The van der Waals surface area contributed by atoms with E-state index in [9.17, 15) is 4.79 Å². The summed E-state index contributed by atoms with van der Waals surface area (Å²) in [4.78, 5) is 15.8. The number of hydrogen-bond acceptors (Lipinski definition) is 4. The van der Waals surface area contributed by atoms with Crippen LogP contribution in [0.5, 0.6) is 0 Å². The van der Waals surface area contributed by atoms with Gasteiger partial charge in [0, 0.05) is 23.8 Å². The summed E-state index contributed by atoms with van der Waals surface area (Å²) in [5.74, 6) is 0.0483. The van der Waals surface area contributed by atoms with Crippen LogP contribution in [-0.4, -0.2) is 30.1 Å². The molecule has 0 bridgehead atoms. The average molecular weight is 314 g/mol. The van der Waals surface area contributed by atoms with Crippen molar-refractivity contribution >= 4 is 27.7 Å². The molecule has 0 saturated carbocycles. The summed E-state index contributed by atoms with van der Waals surface area (Å²) in [6, 6.07) is 1.67. The Kier molecular flexibility index (Phi) is 4.54. The minimum atomic E-state index is -0.195. The van der Waals surface area contributed by atoms with Crippen LogP contribution >= 0.6 is 15.9 Å². The van der Waals surface area contributed by atoms with Gasteiger partial charge >= 0.3 is 0 Å². The van der Waals surface area contributed by atoms with Crippen LogP contribution < -0.4 is 11.1 Å². The molecule has 1 aromatic heterocycles. The number of ether oxygens (including phenoxy) is 1. The lowest BCUT2D eigenvalue weighted by Crippen LogP contribution is -2.28. The first-order valence-electron chi connectivity index (χ1n) is 5.97. The van der Waals surface area contributed by atoms with Crippen LogP contribution in [0.3, 0.4) is 0 Å². The summed E-state index contributed by atoms with van der Waals surface area (Å²) in [7, 11) is 0. The van der Waals surface area contributed by atoms with E-state index < -0.39 is 0 Å². The van der Waals surface area contributed by atoms with Gasteiger partial charge in [0.05, 0.1) is 11.7 Å². The number of aromatic nitrogens is 1. The first kappa shape index (κ1) is 13.3. The molecule has 0 aliphatic carbocycles. The molecule has 1 saturated heterocycles. The minimum absolute atomic E-state index is 0.195. The fourth-order valence-electron chi connectivity index (χ4n) is 1.95. The SMILES string of the molecule is Nc1ncc(Br)cc1C(=O)NCCC1CCCO1. The van der Waals surface area contributed by atoms with Gasteiger partial charge in [-0.15, -0.1) is 0 Å². The third kappa shape index (κ3) is 3.43. The molecule has 0 spiro atoms. The molecule has 98 valence electrons. The van der Waals surface area contributed by atoms with Gasteiger partial charge in [-0.25, -0.2) is 4.98 Å². The van der Waals surface area contributed by atoms with Gasteiger partial charge in [0.15, 0.2) is 0 Å². The highest BCUT2D eigenvalue weighted by Gasteiger charge is 2.16. The number of halogens is 1. The van der Waals surface area contributed by atoms with Crippen molar-refractivity contribution in [3.63, 3.8) is 0 Å². The van der Waals surface area contributed by atoms with Gasteiger partial charge in [0.1, 0.15) is 5.82 Å². The Morgan fingerprint density at radius 3 is 3.22 bits per heavy atom. The summed E-state index contributed by atoms with van der Waals surface area (Å²) >= 11 is 3.27. The summed E-state index contributed by atoms with van der Waals surface area (Å²) in [5.41, 5.74) is 6.07. The third-order valence-electron chi connectivity index (χ3n) is 2.91. The van der Waals surface area contributed by atoms with Gasteiger partial charge in [0.2, 0.25) is 0 Å². The molecular weight excluding hydrogens is 298 g/mol. The van der Waals surface area contributed by atoms with Crippen molar-refractivity contribution in [1.82, 2.24) is 10.3 Å². The van der Waals surface area contributed by atoms with E-state index in [1.807, 2.05) is 0 Å². The molecule has 18 heavy (non-hydrogen) atoms. The highest BCUT2D eigenvalue weighted by Crippen LogP contribution is 2.16. The summed E-state index contributed by atoms with van der Waals surface area (Å²) in [6.45, 7) is 1.43. The summed E-state index contributed by atoms with van der Waals surface area (Å²) in [6.07, 6.45) is 4.88. The van der Waals surface area contributed by atoms with Crippen molar-refractivity contribution in [2.75, 3.05) is 18.9 Å². The quantitative estimate of drug-likeness (QED) is 0.887. The molecule has 1 amide bonds. The van der Waals surface area contributed by atoms with Gasteiger partial charge in [-0.2, -0.15) is 0 Å². The Morgan fingerprint density at radius 2 is 2.50 bits per heavy atom. The highest BCUT2D eigenvalue weighted by molar-refractivity contribution is 9.10. The van der Waals surface area contributed by atoms with E-state index in [-0.39, 0.29) is 17.8 Å². The molecule has 1 atom stereocenters. The molecule has 1 aromatic rings. The molecule has 3 N–H and O–H groups in total. The lowest BCUT2D eigenvalue weighted by atomic mass is 10.2. The molecule has 0 radical (unpaired) electrons. The molecule has 6 heteroatoms. The topological polar surface area (TPSA) is 77.2 Å². The molecule has 5 nitrogen and oxygen atoms in total. The van der Waals surface area contributed by atoms with Gasteiger partial charge in [-0.3, -0.25) is 4.79 Å². The lowest BCUT2D eigenvalue weighted by molar-refractivity contribution is 0.0907. The van der Waals surface area contributed by atoms with Crippen LogP contribution in [0.1, 0.15) is 29.6 Å². The average Bonchev–Trinajstić information content (AvgIpc) is 2.85. The van der Waals surface area contributed by atoms with E-state index >= 15 is 0 Å². The second kappa shape index (κ2) is 6.15. The van der Waals surface area contributed by atoms with Gasteiger partial charge in [-0.1, -0.05) is 0 Å². The molecule has 0 aromatic carbocycles. The second-order valence-corrected chi connectivity index (χ2v) is 5.18. The van der Waals surface area contributed by atoms with E-state index in [0.717, 1.165) is 30.3 Å². The van der Waals surface area contributed by atoms with Crippen LogP contribution in [0.4, 0.5) is 5.82 Å². The van der Waals surface area contributed by atoms with Crippen molar-refractivity contribution in [2.24, 2.45) is 0 Å². The fourth-order valence-corrected chi connectivity index (χ4v) is 2.28. The number of nitrogen functional groups attached to an aromatic ring is 1. The molecule has 1 unspecified atom stereocenters.